The van der Waals surface area contributed by atoms with E-state index < -0.39 is 18.1 Å². The minimum absolute atomic E-state index is 0.00591. The second-order valence-electron chi connectivity index (χ2n) is 6.69. The predicted octanol–water partition coefficient (Wildman–Crippen LogP) is 3.44. The smallest absolute Gasteiger partial charge is 0.414 e. The van der Waals surface area contributed by atoms with Crippen molar-refractivity contribution in [2.75, 3.05) is 36.0 Å². The van der Waals surface area contributed by atoms with Gasteiger partial charge < -0.3 is 15.0 Å². The third-order valence-electron chi connectivity index (χ3n) is 4.72. The number of carbonyl (C=O) groups excluding carboxylic acids is 1. The fourth-order valence-electron chi connectivity index (χ4n) is 3.29. The van der Waals surface area contributed by atoms with Crippen molar-refractivity contribution in [1.82, 2.24) is 5.32 Å². The van der Waals surface area contributed by atoms with Gasteiger partial charge in [0.2, 0.25) is 0 Å². The summed E-state index contributed by atoms with van der Waals surface area (Å²) in [6, 6.07) is 4.42. The molecule has 2 aliphatic rings. The largest absolute Gasteiger partial charge is 0.442 e. The molecule has 1 aromatic rings. The topological polar surface area (TPSA) is 49.2 Å². The summed E-state index contributed by atoms with van der Waals surface area (Å²) in [6.45, 7) is 9.65. The normalized spacial score (nSPS) is 23.5. The highest BCUT2D eigenvalue weighted by Crippen LogP contribution is 2.31. The molecule has 148 valence electrons. The van der Waals surface area contributed by atoms with Crippen LogP contribution in [0.15, 0.2) is 30.0 Å². The molecule has 3 rings (SSSR count). The van der Waals surface area contributed by atoms with Gasteiger partial charge in [0.1, 0.15) is 18.1 Å². The number of alkyl halides is 1. The molecule has 1 N–H and O–H groups in total. The number of hydrogen-bond acceptors (Lipinski definition) is 4. The fraction of sp³-hybridized carbons (Fsp3) is 0.421. The van der Waals surface area contributed by atoms with Gasteiger partial charge in [0.15, 0.2) is 6.20 Å². The van der Waals surface area contributed by atoms with E-state index in [4.69, 9.17) is 23.5 Å². The Morgan fingerprint density at radius 2 is 2.29 bits per heavy atom. The molecule has 0 aliphatic carbocycles. The highest BCUT2D eigenvalue weighted by Gasteiger charge is 2.33. The SMILES string of the molecule is [C-]#[N+]C=C1CCN(c2ccc(N3C[C@H](CNC(C)=S)OC3=O)cc2F)CC1F. The van der Waals surface area contributed by atoms with Crippen LogP contribution in [0.5, 0.6) is 0 Å². The lowest BCUT2D eigenvalue weighted by molar-refractivity contribution is 0.143. The van der Waals surface area contributed by atoms with E-state index in [-0.39, 0.29) is 24.9 Å². The lowest BCUT2D eigenvalue weighted by atomic mass is 10.0. The highest BCUT2D eigenvalue weighted by atomic mass is 32.1. The van der Waals surface area contributed by atoms with Crippen LogP contribution in [0, 0.1) is 12.4 Å². The van der Waals surface area contributed by atoms with E-state index in [1.54, 1.807) is 24.0 Å². The summed E-state index contributed by atoms with van der Waals surface area (Å²) in [7, 11) is 0. The van der Waals surface area contributed by atoms with Gasteiger partial charge in [0, 0.05) is 6.54 Å². The third kappa shape index (κ3) is 4.39. The zero-order chi connectivity index (χ0) is 20.3. The Kier molecular flexibility index (Phi) is 6.09. The van der Waals surface area contributed by atoms with Crippen molar-refractivity contribution in [2.45, 2.75) is 25.6 Å². The van der Waals surface area contributed by atoms with Crippen LogP contribution in [0.2, 0.25) is 0 Å². The molecule has 1 aromatic carbocycles. The van der Waals surface area contributed by atoms with Crippen molar-refractivity contribution >= 4 is 34.7 Å². The van der Waals surface area contributed by atoms with Gasteiger partial charge >= 0.3 is 6.09 Å². The molecule has 0 saturated carbocycles. The molecule has 0 aromatic heterocycles. The molecule has 0 bridgehead atoms. The molecular weight excluding hydrogens is 386 g/mol. The highest BCUT2D eigenvalue weighted by molar-refractivity contribution is 7.80. The van der Waals surface area contributed by atoms with Crippen molar-refractivity contribution < 1.29 is 18.3 Å². The van der Waals surface area contributed by atoms with Crippen molar-refractivity contribution in [3.63, 3.8) is 0 Å². The van der Waals surface area contributed by atoms with Crippen LogP contribution in [-0.2, 0) is 4.74 Å². The number of carbonyl (C=O) groups is 1. The number of rotatable bonds is 4. The fourth-order valence-corrected chi connectivity index (χ4v) is 3.37. The summed E-state index contributed by atoms with van der Waals surface area (Å²) >= 11 is 4.94. The molecule has 1 amide bonds. The van der Waals surface area contributed by atoms with E-state index in [1.807, 2.05) is 0 Å². The van der Waals surface area contributed by atoms with Crippen molar-refractivity contribution in [3.05, 3.63) is 47.2 Å². The van der Waals surface area contributed by atoms with Gasteiger partial charge in [0.25, 0.3) is 0 Å². The second-order valence-corrected chi connectivity index (χ2v) is 7.30. The van der Waals surface area contributed by atoms with E-state index in [1.165, 1.54) is 17.2 Å². The Hall–Kier alpha value is -2.73. The molecule has 1 unspecified atom stereocenters. The third-order valence-corrected chi connectivity index (χ3v) is 4.86. The van der Waals surface area contributed by atoms with Crippen molar-refractivity contribution in [2.24, 2.45) is 0 Å². The van der Waals surface area contributed by atoms with Gasteiger partial charge in [-0.15, -0.1) is 0 Å². The first-order valence-electron chi connectivity index (χ1n) is 8.85. The van der Waals surface area contributed by atoms with Crippen LogP contribution in [0.3, 0.4) is 0 Å². The first kappa shape index (κ1) is 20.0. The van der Waals surface area contributed by atoms with Gasteiger partial charge in [-0.3, -0.25) is 4.90 Å². The number of benzene rings is 1. The molecule has 0 radical (unpaired) electrons. The van der Waals surface area contributed by atoms with E-state index >= 15 is 0 Å². The molecule has 0 spiro atoms. The first-order chi connectivity index (χ1) is 13.4. The van der Waals surface area contributed by atoms with Crippen LogP contribution in [-0.4, -0.2) is 49.5 Å². The molecule has 2 saturated heterocycles. The van der Waals surface area contributed by atoms with Crippen LogP contribution in [0.25, 0.3) is 4.85 Å². The Bertz CT molecular complexity index is 855. The Morgan fingerprint density at radius 3 is 2.93 bits per heavy atom. The Morgan fingerprint density at radius 1 is 1.50 bits per heavy atom. The minimum atomic E-state index is -1.30. The average molecular weight is 406 g/mol. The van der Waals surface area contributed by atoms with Gasteiger partial charge in [-0.2, -0.15) is 0 Å². The summed E-state index contributed by atoms with van der Waals surface area (Å²) in [5, 5.41) is 2.95. The standard InChI is InChI=1S/C19H20F2N4O2S/c1-12(28)23-9-15-10-25(19(26)27-15)14-3-4-18(16(20)7-14)24-6-5-13(8-22-2)17(21)11-24/h3-4,7-8,15,17H,5-6,9-11H2,1H3,(H,23,28)/t15-,17?/m0/s1. The molecule has 9 heteroatoms. The maximum atomic E-state index is 14.7. The van der Waals surface area contributed by atoms with E-state index in [2.05, 4.69) is 10.2 Å². The van der Waals surface area contributed by atoms with E-state index in [0.717, 1.165) is 0 Å². The lowest BCUT2D eigenvalue weighted by Gasteiger charge is -2.33. The number of thiocarbonyl (C=S) groups is 1. The quantitative estimate of drug-likeness (QED) is 0.613. The Labute approximate surface area is 167 Å². The van der Waals surface area contributed by atoms with Crippen molar-refractivity contribution in [1.29, 1.82) is 0 Å². The number of cyclic esters (lactones) is 1. The van der Waals surface area contributed by atoms with Crippen LogP contribution in [0.1, 0.15) is 13.3 Å². The van der Waals surface area contributed by atoms with E-state index in [9.17, 15) is 13.6 Å². The maximum Gasteiger partial charge on any atom is 0.414 e. The second kappa shape index (κ2) is 8.52. The number of hydrogen-bond donors (Lipinski definition) is 1. The summed E-state index contributed by atoms with van der Waals surface area (Å²) < 4.78 is 34.2. The van der Waals surface area contributed by atoms with Crippen molar-refractivity contribution in [3.8, 4) is 0 Å². The van der Waals surface area contributed by atoms with Gasteiger partial charge in [0.05, 0.1) is 42.6 Å². The zero-order valence-corrected chi connectivity index (χ0v) is 16.1. The number of nitrogens with zero attached hydrogens (tertiary/aromatic N) is 3. The van der Waals surface area contributed by atoms with Crippen LogP contribution < -0.4 is 15.1 Å². The maximum absolute atomic E-state index is 14.7. The Balaban J connectivity index is 1.69. The number of ether oxygens (including phenoxy) is 1. The number of amides is 1. The predicted molar refractivity (Wildman–Crippen MR) is 107 cm³/mol. The molecular formula is C19H20F2N4O2S. The summed E-state index contributed by atoms with van der Waals surface area (Å²) in [5.41, 5.74) is 1.10. The molecule has 2 fully saturated rings. The first-order valence-corrected chi connectivity index (χ1v) is 9.26. The zero-order valence-electron chi connectivity index (χ0n) is 15.3. The summed E-state index contributed by atoms with van der Waals surface area (Å²) in [4.78, 5) is 18.8. The molecule has 28 heavy (non-hydrogen) atoms. The van der Waals surface area contributed by atoms with Crippen LogP contribution >= 0.6 is 12.2 Å². The van der Waals surface area contributed by atoms with Crippen LogP contribution in [0.4, 0.5) is 25.0 Å². The number of nitrogens with one attached hydrogen (secondary N) is 1. The number of piperidine rings is 1. The number of halogens is 2. The van der Waals surface area contributed by atoms with Gasteiger partial charge in [-0.05, 0) is 37.1 Å². The summed E-state index contributed by atoms with van der Waals surface area (Å²) in [6.07, 6.45) is -0.644. The average Bonchev–Trinajstić information content (AvgIpc) is 3.02. The van der Waals surface area contributed by atoms with Gasteiger partial charge in [-0.25, -0.2) is 18.4 Å². The lowest BCUT2D eigenvalue weighted by Crippen LogP contribution is -2.38. The molecule has 2 heterocycles. The molecule has 2 atom stereocenters. The monoisotopic (exact) mass is 406 g/mol. The summed E-state index contributed by atoms with van der Waals surface area (Å²) in [5.74, 6) is -0.536. The van der Waals surface area contributed by atoms with E-state index in [0.29, 0.717) is 35.8 Å². The molecule has 6 nitrogen and oxygen atoms in total. The van der Waals surface area contributed by atoms with Gasteiger partial charge in [-0.1, -0.05) is 12.2 Å². The number of anilines is 2. The minimum Gasteiger partial charge on any atom is -0.442 e. The molecule has 2 aliphatic heterocycles.